The number of rotatable bonds is 4. The molecule has 1 fully saturated rings. The molecule has 0 aliphatic heterocycles. The number of hydrogen-bond donors (Lipinski definition) is 0. The molecule has 1 unspecified atom stereocenters. The molecule has 0 bridgehead atoms. The molecule has 33 heavy (non-hydrogen) atoms. The number of thiophene rings is 1. The predicted molar refractivity (Wildman–Crippen MR) is 139 cm³/mol. The van der Waals surface area contributed by atoms with E-state index in [4.69, 9.17) is 0 Å². The van der Waals surface area contributed by atoms with Gasteiger partial charge in [-0.05, 0) is 54.0 Å². The molecule has 0 N–H and O–H groups in total. The molecule has 1 atom stereocenters. The first-order valence-electron chi connectivity index (χ1n) is 11.5. The summed E-state index contributed by atoms with van der Waals surface area (Å²) in [7, 11) is 2.20. The van der Waals surface area contributed by atoms with E-state index in [2.05, 4.69) is 126 Å². The first-order chi connectivity index (χ1) is 16.3. The molecule has 0 spiro atoms. The highest BCUT2D eigenvalue weighted by Crippen LogP contribution is 2.56. The van der Waals surface area contributed by atoms with Gasteiger partial charge in [-0.15, -0.1) is 11.3 Å². The lowest BCUT2D eigenvalue weighted by molar-refractivity contribution is 0.593. The lowest BCUT2D eigenvalue weighted by atomic mass is 9.73. The Labute approximate surface area is 199 Å². The van der Waals surface area contributed by atoms with Crippen molar-refractivity contribution in [2.45, 2.75) is 18.3 Å². The second kappa shape index (κ2) is 8.10. The van der Waals surface area contributed by atoms with Crippen LogP contribution in [-0.4, -0.2) is 4.57 Å². The van der Waals surface area contributed by atoms with Gasteiger partial charge in [-0.3, -0.25) is 0 Å². The van der Waals surface area contributed by atoms with Gasteiger partial charge in [0, 0.05) is 34.0 Å². The van der Waals surface area contributed by atoms with Gasteiger partial charge in [0.1, 0.15) is 0 Å². The van der Waals surface area contributed by atoms with Crippen molar-refractivity contribution in [2.75, 3.05) is 0 Å². The Hall–Kier alpha value is -3.54. The molecule has 1 nitrogen and oxygen atoms in total. The van der Waals surface area contributed by atoms with Gasteiger partial charge in [-0.25, -0.2) is 0 Å². The summed E-state index contributed by atoms with van der Waals surface area (Å²) in [4.78, 5) is 1.35. The van der Waals surface area contributed by atoms with Crippen LogP contribution in [0.25, 0.3) is 22.2 Å². The van der Waals surface area contributed by atoms with Crippen LogP contribution in [0.2, 0.25) is 0 Å². The highest BCUT2D eigenvalue weighted by atomic mass is 32.1. The number of fused-ring (bicyclic) bond motifs is 1. The van der Waals surface area contributed by atoms with Crippen LogP contribution in [0, 0.1) is 17.8 Å². The fourth-order valence-electron chi connectivity index (χ4n) is 5.19. The summed E-state index contributed by atoms with van der Waals surface area (Å²) < 4.78 is 2.37. The fourth-order valence-corrected chi connectivity index (χ4v) is 6.16. The lowest BCUT2D eigenvalue weighted by Crippen LogP contribution is -2.28. The van der Waals surface area contributed by atoms with Gasteiger partial charge in [-0.1, -0.05) is 84.6 Å². The van der Waals surface area contributed by atoms with Crippen molar-refractivity contribution in [3.8, 4) is 23.1 Å². The van der Waals surface area contributed by atoms with Crippen LogP contribution in [0.5, 0.6) is 0 Å². The Morgan fingerprint density at radius 1 is 0.818 bits per heavy atom. The standard InChI is InChI=1S/C31H25NS/c1-32-27-16-9-8-15-26(27)29(30(32)24-13-6-3-7-14-24)31(25-18-19-25,28-17-10-22-33-28)21-20-23-11-4-2-5-12-23/h2-17,22,25H,18-19H2,1H3. The van der Waals surface area contributed by atoms with E-state index in [9.17, 15) is 0 Å². The highest BCUT2D eigenvalue weighted by Gasteiger charge is 2.50. The molecule has 0 radical (unpaired) electrons. The number of benzene rings is 3. The van der Waals surface area contributed by atoms with Gasteiger partial charge in [0.25, 0.3) is 0 Å². The molecule has 2 heterocycles. The highest BCUT2D eigenvalue weighted by molar-refractivity contribution is 7.10. The topological polar surface area (TPSA) is 4.93 Å². The lowest BCUT2D eigenvalue weighted by Gasteiger charge is -2.30. The van der Waals surface area contributed by atoms with E-state index in [0.717, 1.165) is 5.56 Å². The quantitative estimate of drug-likeness (QED) is 0.251. The maximum absolute atomic E-state index is 3.89. The number of aryl methyl sites for hydroxylation is 1. The fraction of sp³-hybridized carbons (Fsp3) is 0.161. The van der Waals surface area contributed by atoms with E-state index >= 15 is 0 Å². The third-order valence-electron chi connectivity index (χ3n) is 6.83. The normalized spacial score (nSPS) is 15.1. The Morgan fingerprint density at radius 2 is 1.52 bits per heavy atom. The zero-order valence-electron chi connectivity index (χ0n) is 18.7. The third kappa shape index (κ3) is 3.32. The molecular formula is C31H25NS. The van der Waals surface area contributed by atoms with Crippen molar-refractivity contribution >= 4 is 22.2 Å². The predicted octanol–water partition coefficient (Wildman–Crippen LogP) is 7.65. The number of para-hydroxylation sites is 1. The number of nitrogens with zero attached hydrogens (tertiary/aromatic N) is 1. The molecule has 1 aliphatic rings. The van der Waals surface area contributed by atoms with Gasteiger partial charge >= 0.3 is 0 Å². The second-order valence-corrected chi connectivity index (χ2v) is 9.79. The van der Waals surface area contributed by atoms with E-state index in [1.165, 1.54) is 45.4 Å². The van der Waals surface area contributed by atoms with Crippen LogP contribution >= 0.6 is 11.3 Å². The minimum absolute atomic E-state index is 0.337. The summed E-state index contributed by atoms with van der Waals surface area (Å²) in [5.41, 5.74) is 5.87. The third-order valence-corrected chi connectivity index (χ3v) is 7.83. The van der Waals surface area contributed by atoms with Crippen molar-refractivity contribution in [2.24, 2.45) is 13.0 Å². The average molecular weight is 444 g/mol. The van der Waals surface area contributed by atoms with Crippen LogP contribution in [-0.2, 0) is 12.5 Å². The van der Waals surface area contributed by atoms with E-state index in [1.54, 1.807) is 0 Å². The van der Waals surface area contributed by atoms with Crippen LogP contribution in [0.15, 0.2) is 102 Å². The first-order valence-corrected chi connectivity index (χ1v) is 12.4. The van der Waals surface area contributed by atoms with Crippen molar-refractivity contribution in [3.63, 3.8) is 0 Å². The Kier molecular flexibility index (Phi) is 4.93. The minimum atomic E-state index is -0.337. The van der Waals surface area contributed by atoms with E-state index < -0.39 is 0 Å². The van der Waals surface area contributed by atoms with Crippen LogP contribution < -0.4 is 0 Å². The molecule has 1 saturated carbocycles. The Balaban J connectivity index is 1.73. The van der Waals surface area contributed by atoms with Crippen LogP contribution in [0.1, 0.15) is 28.8 Å². The zero-order valence-corrected chi connectivity index (χ0v) is 19.5. The van der Waals surface area contributed by atoms with Crippen molar-refractivity contribution in [3.05, 3.63) is 118 Å². The second-order valence-electron chi connectivity index (χ2n) is 8.84. The molecule has 0 amide bonds. The van der Waals surface area contributed by atoms with Crippen LogP contribution in [0.3, 0.4) is 0 Å². The van der Waals surface area contributed by atoms with Crippen molar-refractivity contribution in [1.29, 1.82) is 0 Å². The maximum atomic E-state index is 3.89. The van der Waals surface area contributed by atoms with Gasteiger partial charge in [0.05, 0.1) is 11.1 Å². The van der Waals surface area contributed by atoms with E-state index in [1.807, 2.05) is 11.3 Å². The largest absolute Gasteiger partial charge is 0.343 e. The summed E-state index contributed by atoms with van der Waals surface area (Å²) in [6, 6.07) is 34.5. The molecule has 160 valence electrons. The summed E-state index contributed by atoms with van der Waals surface area (Å²) in [6.45, 7) is 0. The number of aromatic nitrogens is 1. The van der Waals surface area contributed by atoms with E-state index in [0.29, 0.717) is 5.92 Å². The van der Waals surface area contributed by atoms with Crippen molar-refractivity contribution in [1.82, 2.24) is 4.57 Å². The summed E-state index contributed by atoms with van der Waals surface area (Å²) in [5, 5.41) is 3.51. The molecule has 1 aliphatic carbocycles. The van der Waals surface area contributed by atoms with E-state index in [-0.39, 0.29) is 5.41 Å². The minimum Gasteiger partial charge on any atom is -0.343 e. The monoisotopic (exact) mass is 443 g/mol. The molecule has 2 aromatic heterocycles. The molecule has 6 rings (SSSR count). The van der Waals surface area contributed by atoms with Gasteiger partial charge < -0.3 is 4.57 Å². The summed E-state index contributed by atoms with van der Waals surface area (Å²) in [5.74, 6) is 8.00. The molecule has 3 aromatic carbocycles. The van der Waals surface area contributed by atoms with Gasteiger partial charge in [0.15, 0.2) is 0 Å². The van der Waals surface area contributed by atoms with Gasteiger partial charge in [-0.2, -0.15) is 0 Å². The summed E-state index contributed by atoms with van der Waals surface area (Å²) >= 11 is 1.84. The molecule has 5 aromatic rings. The number of hydrogen-bond acceptors (Lipinski definition) is 1. The average Bonchev–Trinajstić information content (AvgIpc) is 3.49. The SMILES string of the molecule is Cn1c(-c2ccccc2)c(C(C#Cc2ccccc2)(c2cccs2)C2CC2)c2ccccc21. The van der Waals surface area contributed by atoms with Gasteiger partial charge in [0.2, 0.25) is 0 Å². The Bertz CT molecular complexity index is 1460. The van der Waals surface area contributed by atoms with Crippen LogP contribution in [0.4, 0.5) is 0 Å². The first kappa shape index (κ1) is 20.1. The molecular weight excluding hydrogens is 418 g/mol. The molecule has 0 saturated heterocycles. The Morgan fingerprint density at radius 3 is 2.21 bits per heavy atom. The summed E-state index contributed by atoms with van der Waals surface area (Å²) in [6.07, 6.45) is 2.41. The smallest absolute Gasteiger partial charge is 0.0962 e. The molecule has 2 heteroatoms. The van der Waals surface area contributed by atoms with Crippen molar-refractivity contribution < 1.29 is 0 Å². The zero-order chi connectivity index (χ0) is 22.3. The maximum Gasteiger partial charge on any atom is 0.0962 e.